The normalized spacial score (nSPS) is 16.4. The van der Waals surface area contributed by atoms with Gasteiger partial charge in [-0.1, -0.05) is 103 Å². The van der Waals surface area contributed by atoms with E-state index in [0.717, 1.165) is 16.7 Å². The first-order valence-corrected chi connectivity index (χ1v) is 12.8. The summed E-state index contributed by atoms with van der Waals surface area (Å²) in [5, 5.41) is 5.88. The van der Waals surface area contributed by atoms with Crippen LogP contribution in [0.15, 0.2) is 115 Å². The molecular weight excluding hydrogens is 490 g/mol. The van der Waals surface area contributed by atoms with Gasteiger partial charge in [-0.25, -0.2) is 4.79 Å². The summed E-state index contributed by atoms with van der Waals surface area (Å²) < 4.78 is 5.79. The van der Waals surface area contributed by atoms with E-state index in [-0.39, 0.29) is 24.8 Å². The number of carbonyl (C=O) groups is 3. The lowest BCUT2D eigenvalue weighted by Crippen LogP contribution is -2.46. The summed E-state index contributed by atoms with van der Waals surface area (Å²) in [6.07, 6.45) is -1.18. The Morgan fingerprint density at radius 3 is 2.03 bits per heavy atom. The second-order valence-electron chi connectivity index (χ2n) is 9.40. The topological polar surface area (TPSA) is 87.7 Å². The monoisotopic (exact) mass is 519 g/mol. The van der Waals surface area contributed by atoms with E-state index in [2.05, 4.69) is 10.6 Å². The highest BCUT2D eigenvalue weighted by Crippen LogP contribution is 2.35. The second kappa shape index (κ2) is 12.1. The smallest absolute Gasteiger partial charge is 0.411 e. The third-order valence-electron chi connectivity index (χ3n) is 6.57. The van der Waals surface area contributed by atoms with Crippen LogP contribution in [-0.2, 0) is 33.8 Å². The minimum absolute atomic E-state index is 0.162. The molecular formula is C32H29N3O4. The fourth-order valence-corrected chi connectivity index (χ4v) is 4.66. The Balaban J connectivity index is 1.37. The maximum absolute atomic E-state index is 13.6. The minimum atomic E-state index is -0.892. The molecule has 1 heterocycles. The third-order valence-corrected chi connectivity index (χ3v) is 6.57. The highest BCUT2D eigenvalue weighted by molar-refractivity contribution is 5.92. The summed E-state index contributed by atoms with van der Waals surface area (Å²) in [4.78, 5) is 40.7. The number of ether oxygens (including phenoxy) is 1. The maximum atomic E-state index is 13.6. The van der Waals surface area contributed by atoms with Gasteiger partial charge in [-0.15, -0.1) is 0 Å². The first kappa shape index (κ1) is 25.7. The summed E-state index contributed by atoms with van der Waals surface area (Å²) in [6.45, 7) is 0.555. The Hall–Kier alpha value is -4.91. The zero-order valence-electron chi connectivity index (χ0n) is 21.3. The van der Waals surface area contributed by atoms with E-state index < -0.39 is 18.2 Å². The molecule has 1 aliphatic rings. The molecule has 1 fully saturated rings. The number of nitrogens with zero attached hydrogens (tertiary/aromatic N) is 1. The second-order valence-corrected chi connectivity index (χ2v) is 9.40. The maximum Gasteiger partial charge on any atom is 0.411 e. The van der Waals surface area contributed by atoms with Crippen molar-refractivity contribution >= 4 is 23.6 Å². The van der Waals surface area contributed by atoms with E-state index in [0.29, 0.717) is 17.8 Å². The molecule has 2 N–H and O–H groups in total. The fraction of sp³-hybridized carbons (Fsp3) is 0.156. The van der Waals surface area contributed by atoms with E-state index in [1.807, 2.05) is 91.0 Å². The number of hydrogen-bond acceptors (Lipinski definition) is 4. The molecule has 196 valence electrons. The van der Waals surface area contributed by atoms with Crippen LogP contribution in [0.5, 0.6) is 0 Å². The standard InChI is InChI=1S/C32H29N3O4/c36-28(19-23-11-4-1-5-12-23)34-27-18-10-17-26(20-27)30-29(31(37)33-21-24-13-6-2-7-14-24)35(32(38)39-30)22-25-15-8-3-9-16-25/h1-18,20,29-30H,19,21-22H2,(H,33,37)(H,34,36). The lowest BCUT2D eigenvalue weighted by molar-refractivity contribution is -0.126. The number of carbonyl (C=O) groups excluding carboxylic acids is 3. The molecule has 1 aliphatic heterocycles. The van der Waals surface area contributed by atoms with Crippen LogP contribution in [0, 0.1) is 0 Å². The van der Waals surface area contributed by atoms with E-state index in [9.17, 15) is 14.4 Å². The van der Waals surface area contributed by atoms with Gasteiger partial charge in [0.25, 0.3) is 0 Å². The van der Waals surface area contributed by atoms with E-state index >= 15 is 0 Å². The third kappa shape index (κ3) is 6.51. The van der Waals surface area contributed by atoms with Gasteiger partial charge >= 0.3 is 6.09 Å². The molecule has 0 aliphatic carbocycles. The largest absolute Gasteiger partial charge is 0.438 e. The van der Waals surface area contributed by atoms with Crippen LogP contribution in [0.3, 0.4) is 0 Å². The van der Waals surface area contributed by atoms with Crippen molar-refractivity contribution in [2.24, 2.45) is 0 Å². The average Bonchev–Trinajstić information content (AvgIpc) is 3.29. The van der Waals surface area contributed by atoms with E-state index in [4.69, 9.17) is 4.74 Å². The van der Waals surface area contributed by atoms with Crippen LogP contribution >= 0.6 is 0 Å². The van der Waals surface area contributed by atoms with Gasteiger partial charge in [0.15, 0.2) is 12.1 Å². The molecule has 2 atom stereocenters. The van der Waals surface area contributed by atoms with Crippen molar-refractivity contribution in [3.63, 3.8) is 0 Å². The molecule has 0 aromatic heterocycles. The molecule has 5 rings (SSSR count). The molecule has 0 radical (unpaired) electrons. The fourth-order valence-electron chi connectivity index (χ4n) is 4.66. The average molecular weight is 520 g/mol. The summed E-state index contributed by atoms with van der Waals surface area (Å²) >= 11 is 0. The van der Waals surface area contributed by atoms with Crippen LogP contribution in [0.25, 0.3) is 0 Å². The quantitative estimate of drug-likeness (QED) is 0.316. The molecule has 4 aromatic carbocycles. The highest BCUT2D eigenvalue weighted by atomic mass is 16.6. The van der Waals surface area contributed by atoms with Gasteiger partial charge < -0.3 is 15.4 Å². The van der Waals surface area contributed by atoms with Crippen molar-refractivity contribution in [2.75, 3.05) is 5.32 Å². The van der Waals surface area contributed by atoms with Crippen LogP contribution in [0.2, 0.25) is 0 Å². The number of amides is 3. The van der Waals surface area contributed by atoms with Gasteiger partial charge in [-0.2, -0.15) is 0 Å². The van der Waals surface area contributed by atoms with Crippen molar-refractivity contribution < 1.29 is 19.1 Å². The SMILES string of the molecule is O=C(Cc1ccccc1)Nc1cccc(C2OC(=O)N(Cc3ccccc3)C2C(=O)NCc2ccccc2)c1. The lowest BCUT2D eigenvalue weighted by Gasteiger charge is -2.24. The zero-order valence-corrected chi connectivity index (χ0v) is 21.3. The first-order chi connectivity index (χ1) is 19.1. The Labute approximate surface area is 227 Å². The van der Waals surface area contributed by atoms with E-state index in [1.54, 1.807) is 24.3 Å². The van der Waals surface area contributed by atoms with Gasteiger partial charge in [-0.3, -0.25) is 14.5 Å². The van der Waals surface area contributed by atoms with Crippen molar-refractivity contribution in [3.8, 4) is 0 Å². The van der Waals surface area contributed by atoms with Crippen LogP contribution in [0.4, 0.5) is 10.5 Å². The number of rotatable bonds is 9. The number of anilines is 1. The molecule has 7 heteroatoms. The van der Waals surface area contributed by atoms with Gasteiger partial charge in [0.2, 0.25) is 11.8 Å². The highest BCUT2D eigenvalue weighted by Gasteiger charge is 2.47. The van der Waals surface area contributed by atoms with Crippen LogP contribution < -0.4 is 10.6 Å². The number of hydrogen-bond donors (Lipinski definition) is 2. The number of nitrogens with one attached hydrogen (secondary N) is 2. The number of benzene rings is 4. The summed E-state index contributed by atoms with van der Waals surface area (Å²) in [7, 11) is 0. The molecule has 3 amide bonds. The Bertz CT molecular complexity index is 1430. The van der Waals surface area contributed by atoms with Crippen LogP contribution in [-0.4, -0.2) is 28.8 Å². The van der Waals surface area contributed by atoms with Crippen molar-refractivity contribution in [3.05, 3.63) is 138 Å². The van der Waals surface area contributed by atoms with Gasteiger partial charge in [-0.05, 0) is 34.4 Å². The summed E-state index contributed by atoms with van der Waals surface area (Å²) in [5.74, 6) is -0.478. The molecule has 0 spiro atoms. The molecule has 2 unspecified atom stereocenters. The lowest BCUT2D eigenvalue weighted by atomic mass is 10.00. The Morgan fingerprint density at radius 2 is 1.36 bits per heavy atom. The van der Waals surface area contributed by atoms with Gasteiger partial charge in [0.1, 0.15) is 0 Å². The molecule has 7 nitrogen and oxygen atoms in total. The molecule has 39 heavy (non-hydrogen) atoms. The van der Waals surface area contributed by atoms with Crippen LogP contribution in [0.1, 0.15) is 28.4 Å². The molecule has 0 saturated carbocycles. The summed E-state index contributed by atoms with van der Waals surface area (Å²) in [6, 6.07) is 34.8. The Morgan fingerprint density at radius 1 is 0.744 bits per heavy atom. The van der Waals surface area contributed by atoms with Crippen molar-refractivity contribution in [1.29, 1.82) is 0 Å². The van der Waals surface area contributed by atoms with Gasteiger partial charge in [0.05, 0.1) is 13.0 Å². The molecule has 0 bridgehead atoms. The number of cyclic esters (lactones) is 1. The summed E-state index contributed by atoms with van der Waals surface area (Å²) in [5.41, 5.74) is 3.93. The molecule has 1 saturated heterocycles. The Kier molecular flexibility index (Phi) is 7.98. The zero-order chi connectivity index (χ0) is 27.0. The minimum Gasteiger partial charge on any atom is -0.438 e. The molecule has 4 aromatic rings. The first-order valence-electron chi connectivity index (χ1n) is 12.8. The van der Waals surface area contributed by atoms with E-state index in [1.165, 1.54) is 4.90 Å². The van der Waals surface area contributed by atoms with Gasteiger partial charge in [0, 0.05) is 12.2 Å². The van der Waals surface area contributed by atoms with Crippen molar-refractivity contribution in [2.45, 2.75) is 31.7 Å². The van der Waals surface area contributed by atoms with Crippen molar-refractivity contribution in [1.82, 2.24) is 10.2 Å². The predicted molar refractivity (Wildman–Crippen MR) is 149 cm³/mol. The predicted octanol–water partition coefficient (Wildman–Crippen LogP) is 5.25.